The second-order valence-corrected chi connectivity index (χ2v) is 13.4. The molecule has 0 bridgehead atoms. The quantitative estimate of drug-likeness (QED) is 0.252. The molecule has 0 atom stereocenters. The van der Waals surface area contributed by atoms with Crippen molar-refractivity contribution in [1.82, 2.24) is 0 Å². The molecule has 0 N–H and O–H groups in total. The Morgan fingerprint density at radius 1 is 0.650 bits per heavy atom. The lowest BCUT2D eigenvalue weighted by Gasteiger charge is -2.08. The lowest BCUT2D eigenvalue weighted by Crippen LogP contribution is -2.13. The van der Waals surface area contributed by atoms with Gasteiger partial charge in [0, 0.05) is 13.2 Å². The van der Waals surface area contributed by atoms with Gasteiger partial charge in [-0.1, -0.05) is 6.92 Å². The predicted octanol–water partition coefficient (Wildman–Crippen LogP) is 3.51. The van der Waals surface area contributed by atoms with E-state index in [9.17, 15) is 0 Å². The SMILES string of the molecule is CCCOCCOCCOCCOCCC[Si](Cl)(Cl)Cl. The maximum atomic E-state index is 5.75. The first-order valence-corrected chi connectivity index (χ1v) is 12.2. The van der Waals surface area contributed by atoms with Crippen molar-refractivity contribution in [2.75, 3.05) is 52.9 Å². The Bertz CT molecular complexity index is 206. The van der Waals surface area contributed by atoms with Crippen LogP contribution in [0.5, 0.6) is 0 Å². The molecule has 0 saturated heterocycles. The minimum atomic E-state index is -2.48. The summed E-state index contributed by atoms with van der Waals surface area (Å²) < 4.78 is 21.3. The first-order valence-electron chi connectivity index (χ1n) is 6.94. The van der Waals surface area contributed by atoms with Crippen LogP contribution in [0, 0.1) is 0 Å². The van der Waals surface area contributed by atoms with Gasteiger partial charge in [0.05, 0.1) is 39.6 Å². The summed E-state index contributed by atoms with van der Waals surface area (Å²) in [5, 5.41) is 0. The molecule has 122 valence electrons. The third-order valence-electron chi connectivity index (χ3n) is 2.21. The van der Waals surface area contributed by atoms with Crippen LogP contribution >= 0.6 is 33.2 Å². The molecule has 0 aliphatic rings. The van der Waals surface area contributed by atoms with Gasteiger partial charge >= 0.3 is 6.00 Å². The number of hydrogen-bond acceptors (Lipinski definition) is 4. The normalized spacial score (nSPS) is 12.0. The van der Waals surface area contributed by atoms with Gasteiger partial charge < -0.3 is 18.9 Å². The maximum absolute atomic E-state index is 5.75. The molecule has 0 aromatic rings. The molecular weight excluding hydrogens is 343 g/mol. The highest BCUT2D eigenvalue weighted by atomic mass is 35.8. The van der Waals surface area contributed by atoms with Crippen LogP contribution in [0.3, 0.4) is 0 Å². The second kappa shape index (κ2) is 14.8. The van der Waals surface area contributed by atoms with Gasteiger partial charge in [-0.3, -0.25) is 0 Å². The molecule has 8 heteroatoms. The Kier molecular flexibility index (Phi) is 15.5. The average Bonchev–Trinajstić information content (AvgIpc) is 2.38. The van der Waals surface area contributed by atoms with Crippen molar-refractivity contribution >= 4 is 39.2 Å². The lowest BCUT2D eigenvalue weighted by molar-refractivity contribution is -0.00163. The Morgan fingerprint density at radius 2 is 1.05 bits per heavy atom. The van der Waals surface area contributed by atoms with Crippen LogP contribution in [0.2, 0.25) is 6.04 Å². The zero-order chi connectivity index (χ0) is 15.1. The molecule has 0 aliphatic heterocycles. The molecule has 0 heterocycles. The predicted molar refractivity (Wildman–Crippen MR) is 86.3 cm³/mol. The highest BCUT2D eigenvalue weighted by Gasteiger charge is 2.23. The molecule has 0 fully saturated rings. The Labute approximate surface area is 137 Å². The topological polar surface area (TPSA) is 36.9 Å². The summed E-state index contributed by atoms with van der Waals surface area (Å²) in [6.07, 6.45) is 1.82. The van der Waals surface area contributed by atoms with Crippen LogP contribution in [-0.4, -0.2) is 58.9 Å². The van der Waals surface area contributed by atoms with Crippen molar-refractivity contribution < 1.29 is 18.9 Å². The summed E-state index contributed by atoms with van der Waals surface area (Å²) in [4.78, 5) is 0. The van der Waals surface area contributed by atoms with E-state index in [0.29, 0.717) is 52.3 Å². The molecule has 0 saturated carbocycles. The molecule has 0 aliphatic carbocycles. The van der Waals surface area contributed by atoms with Crippen molar-refractivity contribution in [3.05, 3.63) is 0 Å². The third-order valence-corrected chi connectivity index (χ3v) is 4.83. The molecule has 0 unspecified atom stereocenters. The van der Waals surface area contributed by atoms with Gasteiger partial charge in [-0.25, -0.2) is 0 Å². The first-order chi connectivity index (χ1) is 9.56. The molecule has 0 amide bonds. The van der Waals surface area contributed by atoms with Crippen LogP contribution in [0.1, 0.15) is 19.8 Å². The van der Waals surface area contributed by atoms with Gasteiger partial charge in [0.15, 0.2) is 0 Å². The van der Waals surface area contributed by atoms with Gasteiger partial charge in [0.1, 0.15) is 0 Å². The highest BCUT2D eigenvalue weighted by molar-refractivity contribution is 7.64. The van der Waals surface area contributed by atoms with E-state index in [4.69, 9.17) is 52.2 Å². The molecular formula is C12H25Cl3O4Si. The molecule has 0 rings (SSSR count). The van der Waals surface area contributed by atoms with Gasteiger partial charge in [-0.2, -0.15) is 0 Å². The summed E-state index contributed by atoms with van der Waals surface area (Å²) in [6.45, 7) is 6.99. The standard InChI is InChI=1S/C12H25Cl3O4Si/c1-2-4-16-6-8-18-10-11-19-9-7-17-5-3-12-20(13,14)15/h2-12H2,1H3. The first kappa shape index (κ1) is 20.9. The van der Waals surface area contributed by atoms with E-state index < -0.39 is 6.00 Å². The number of ether oxygens (including phenoxy) is 4. The van der Waals surface area contributed by atoms with E-state index in [2.05, 4.69) is 6.92 Å². The highest BCUT2D eigenvalue weighted by Crippen LogP contribution is 2.26. The van der Waals surface area contributed by atoms with Crippen LogP contribution in [0.25, 0.3) is 0 Å². The Balaban J connectivity index is 2.99. The van der Waals surface area contributed by atoms with Gasteiger partial charge in [0.2, 0.25) is 0 Å². The monoisotopic (exact) mass is 366 g/mol. The van der Waals surface area contributed by atoms with Gasteiger partial charge in [-0.15, -0.1) is 33.2 Å². The van der Waals surface area contributed by atoms with Crippen molar-refractivity contribution in [1.29, 1.82) is 0 Å². The fourth-order valence-electron chi connectivity index (χ4n) is 1.28. The summed E-state index contributed by atoms with van der Waals surface area (Å²) >= 11 is 17.3. The summed E-state index contributed by atoms with van der Waals surface area (Å²) in [5.74, 6) is 0. The van der Waals surface area contributed by atoms with E-state index in [1.54, 1.807) is 0 Å². The minimum absolute atomic E-state index is 0.556. The van der Waals surface area contributed by atoms with E-state index in [-0.39, 0.29) is 0 Å². The zero-order valence-corrected chi connectivity index (χ0v) is 15.3. The van der Waals surface area contributed by atoms with Gasteiger partial charge in [0.25, 0.3) is 0 Å². The largest absolute Gasteiger partial charge is 0.379 e. The fourth-order valence-corrected chi connectivity index (χ4v) is 3.03. The average molecular weight is 368 g/mol. The van der Waals surface area contributed by atoms with Crippen molar-refractivity contribution in [2.45, 2.75) is 25.8 Å². The summed E-state index contributed by atoms with van der Waals surface area (Å²) in [6, 6.07) is -1.85. The molecule has 20 heavy (non-hydrogen) atoms. The van der Waals surface area contributed by atoms with E-state index >= 15 is 0 Å². The van der Waals surface area contributed by atoms with Crippen LogP contribution in [-0.2, 0) is 18.9 Å². The smallest absolute Gasteiger partial charge is 0.341 e. The second-order valence-electron chi connectivity index (χ2n) is 4.17. The number of hydrogen-bond donors (Lipinski definition) is 0. The lowest BCUT2D eigenvalue weighted by atomic mass is 10.5. The minimum Gasteiger partial charge on any atom is -0.379 e. The number of rotatable bonds is 15. The zero-order valence-electron chi connectivity index (χ0n) is 12.0. The van der Waals surface area contributed by atoms with E-state index in [1.807, 2.05) is 0 Å². The van der Waals surface area contributed by atoms with E-state index in [1.165, 1.54) is 0 Å². The number of halogens is 3. The molecule has 0 aromatic heterocycles. The van der Waals surface area contributed by atoms with Gasteiger partial charge in [-0.05, 0) is 18.9 Å². The van der Waals surface area contributed by atoms with Crippen LogP contribution in [0.4, 0.5) is 0 Å². The molecule has 0 radical (unpaired) electrons. The van der Waals surface area contributed by atoms with Crippen LogP contribution in [0.15, 0.2) is 0 Å². The Hall–Kier alpha value is 0.927. The summed E-state index contributed by atoms with van der Waals surface area (Å²) in [7, 11) is 0. The maximum Gasteiger partial charge on any atom is 0.341 e. The third kappa shape index (κ3) is 18.9. The van der Waals surface area contributed by atoms with Crippen molar-refractivity contribution in [3.8, 4) is 0 Å². The fraction of sp³-hybridized carbons (Fsp3) is 1.00. The molecule has 4 nitrogen and oxygen atoms in total. The molecule has 0 spiro atoms. The van der Waals surface area contributed by atoms with Crippen molar-refractivity contribution in [2.24, 2.45) is 0 Å². The molecule has 0 aromatic carbocycles. The van der Waals surface area contributed by atoms with E-state index in [0.717, 1.165) is 19.4 Å². The summed E-state index contributed by atoms with van der Waals surface area (Å²) in [5.41, 5.74) is 0. The van der Waals surface area contributed by atoms with Crippen molar-refractivity contribution in [3.63, 3.8) is 0 Å². The Morgan fingerprint density at radius 3 is 1.45 bits per heavy atom. The van der Waals surface area contributed by atoms with Crippen LogP contribution < -0.4 is 0 Å².